The lowest BCUT2D eigenvalue weighted by molar-refractivity contribution is -0.137. The van der Waals surface area contributed by atoms with Crippen LogP contribution in [0.5, 0.6) is 0 Å². The summed E-state index contributed by atoms with van der Waals surface area (Å²) in [6, 6.07) is 17.1. The van der Waals surface area contributed by atoms with Gasteiger partial charge in [0.05, 0.1) is 5.92 Å². The largest absolute Gasteiger partial charge is 0.339 e. The van der Waals surface area contributed by atoms with Crippen molar-refractivity contribution in [3.63, 3.8) is 0 Å². The van der Waals surface area contributed by atoms with Gasteiger partial charge < -0.3 is 20.0 Å². The summed E-state index contributed by atoms with van der Waals surface area (Å²) in [5.41, 5.74) is 2.82. The van der Waals surface area contributed by atoms with Gasteiger partial charge in [0, 0.05) is 50.5 Å². The first-order valence-electron chi connectivity index (χ1n) is 10.8. The fourth-order valence-corrected chi connectivity index (χ4v) is 4.15. The lowest BCUT2D eigenvalue weighted by Crippen LogP contribution is -2.53. The molecule has 2 fully saturated rings. The van der Waals surface area contributed by atoms with Crippen LogP contribution in [0, 0.1) is 5.92 Å². The molecule has 1 N–H and O–H groups in total. The van der Waals surface area contributed by atoms with E-state index in [1.807, 2.05) is 54.6 Å². The molecule has 1 unspecified atom stereocenters. The molecule has 162 valence electrons. The van der Waals surface area contributed by atoms with Crippen molar-refractivity contribution in [1.82, 2.24) is 9.80 Å². The number of carbonyl (C=O) groups is 3. The van der Waals surface area contributed by atoms with Crippen LogP contribution in [0.3, 0.4) is 0 Å². The molecule has 7 nitrogen and oxygen atoms in total. The van der Waals surface area contributed by atoms with Gasteiger partial charge in [-0.1, -0.05) is 37.3 Å². The minimum Gasteiger partial charge on any atom is -0.339 e. The molecule has 4 amide bonds. The Hall–Kier alpha value is -3.35. The summed E-state index contributed by atoms with van der Waals surface area (Å²) in [6.45, 7) is 4.43. The van der Waals surface area contributed by atoms with E-state index in [4.69, 9.17) is 0 Å². The highest BCUT2D eigenvalue weighted by molar-refractivity contribution is 6.00. The number of rotatable bonds is 4. The Morgan fingerprint density at radius 2 is 1.58 bits per heavy atom. The van der Waals surface area contributed by atoms with E-state index < -0.39 is 0 Å². The molecular weight excluding hydrogens is 392 g/mol. The van der Waals surface area contributed by atoms with E-state index in [0.717, 1.165) is 17.8 Å². The van der Waals surface area contributed by atoms with Crippen molar-refractivity contribution in [2.45, 2.75) is 19.8 Å². The molecule has 0 aliphatic carbocycles. The highest BCUT2D eigenvalue weighted by Crippen LogP contribution is 2.27. The van der Waals surface area contributed by atoms with Crippen molar-refractivity contribution in [2.75, 3.05) is 42.9 Å². The number of amides is 4. The van der Waals surface area contributed by atoms with Crippen LogP contribution in [0.4, 0.5) is 16.2 Å². The quantitative estimate of drug-likeness (QED) is 0.827. The number of carbonyl (C=O) groups excluding carboxylic acids is 3. The Bertz CT molecular complexity index is 937. The standard InChI is InChI=1S/C24H28N4O3/c1-2-18-8-10-21(11-9-18)28-17-19(16-22(28)29)23(30)26-12-14-27(15-13-26)24(31)25-20-6-4-3-5-7-20/h3-11,19H,2,12-17H2,1H3,(H,25,31). The number of hydrogen-bond donors (Lipinski definition) is 1. The van der Waals surface area contributed by atoms with E-state index in [-0.39, 0.29) is 30.2 Å². The number of nitrogens with zero attached hydrogens (tertiary/aromatic N) is 3. The zero-order chi connectivity index (χ0) is 21.8. The van der Waals surface area contributed by atoms with Crippen molar-refractivity contribution in [2.24, 2.45) is 5.92 Å². The lowest BCUT2D eigenvalue weighted by Gasteiger charge is -2.35. The molecule has 2 aliphatic rings. The third-order valence-electron chi connectivity index (χ3n) is 6.03. The maximum absolute atomic E-state index is 13.0. The lowest BCUT2D eigenvalue weighted by atomic mass is 10.1. The van der Waals surface area contributed by atoms with Gasteiger partial charge >= 0.3 is 6.03 Å². The summed E-state index contributed by atoms with van der Waals surface area (Å²) in [4.78, 5) is 43.2. The van der Waals surface area contributed by atoms with E-state index in [9.17, 15) is 14.4 Å². The zero-order valence-electron chi connectivity index (χ0n) is 17.8. The SMILES string of the molecule is CCc1ccc(N2CC(C(=O)N3CCN(C(=O)Nc4ccccc4)CC3)CC2=O)cc1. The van der Waals surface area contributed by atoms with Crippen molar-refractivity contribution in [1.29, 1.82) is 0 Å². The first-order chi connectivity index (χ1) is 15.0. The van der Waals surface area contributed by atoms with Crippen LogP contribution >= 0.6 is 0 Å². The minimum atomic E-state index is -0.331. The Balaban J connectivity index is 1.30. The maximum Gasteiger partial charge on any atom is 0.321 e. The third kappa shape index (κ3) is 4.71. The Morgan fingerprint density at radius 1 is 0.935 bits per heavy atom. The number of nitrogens with one attached hydrogen (secondary N) is 1. The molecule has 2 aliphatic heterocycles. The molecule has 2 saturated heterocycles. The summed E-state index contributed by atoms with van der Waals surface area (Å²) in [5.74, 6) is -0.337. The predicted octanol–water partition coefficient (Wildman–Crippen LogP) is 2.98. The first-order valence-corrected chi connectivity index (χ1v) is 10.8. The number of aryl methyl sites for hydroxylation is 1. The minimum absolute atomic E-state index is 0.00384. The van der Waals surface area contributed by atoms with Gasteiger partial charge in [-0.15, -0.1) is 0 Å². The van der Waals surface area contributed by atoms with Gasteiger partial charge in [0.1, 0.15) is 0 Å². The molecule has 0 aromatic heterocycles. The van der Waals surface area contributed by atoms with Gasteiger partial charge in [0.2, 0.25) is 11.8 Å². The summed E-state index contributed by atoms with van der Waals surface area (Å²) in [7, 11) is 0. The maximum atomic E-state index is 13.0. The van der Waals surface area contributed by atoms with Crippen molar-refractivity contribution >= 4 is 29.2 Å². The number of hydrogen-bond acceptors (Lipinski definition) is 3. The molecule has 2 aromatic carbocycles. The second-order valence-corrected chi connectivity index (χ2v) is 8.03. The number of benzene rings is 2. The average Bonchev–Trinajstić information content (AvgIpc) is 3.21. The zero-order valence-corrected chi connectivity index (χ0v) is 17.8. The van der Waals surface area contributed by atoms with Gasteiger partial charge in [-0.2, -0.15) is 0 Å². The summed E-state index contributed by atoms with van der Waals surface area (Å²) in [6.07, 6.45) is 1.19. The van der Waals surface area contributed by atoms with Crippen LogP contribution in [-0.2, 0) is 16.0 Å². The molecule has 0 bridgehead atoms. The molecule has 7 heteroatoms. The van der Waals surface area contributed by atoms with Gasteiger partial charge in [-0.05, 0) is 36.2 Å². The fourth-order valence-electron chi connectivity index (χ4n) is 4.15. The fraction of sp³-hybridized carbons (Fsp3) is 0.375. The van der Waals surface area contributed by atoms with Gasteiger partial charge in [-0.25, -0.2) is 4.79 Å². The van der Waals surface area contributed by atoms with Crippen LogP contribution < -0.4 is 10.2 Å². The smallest absolute Gasteiger partial charge is 0.321 e. The second kappa shape index (κ2) is 9.20. The number of anilines is 2. The molecule has 1 atom stereocenters. The molecule has 2 heterocycles. The van der Waals surface area contributed by atoms with Crippen LogP contribution in [0.2, 0.25) is 0 Å². The first kappa shape index (κ1) is 20.9. The van der Waals surface area contributed by atoms with Crippen LogP contribution in [0.1, 0.15) is 18.9 Å². The monoisotopic (exact) mass is 420 g/mol. The van der Waals surface area contributed by atoms with E-state index in [1.165, 1.54) is 5.56 Å². The van der Waals surface area contributed by atoms with Crippen LogP contribution in [0.15, 0.2) is 54.6 Å². The molecule has 4 rings (SSSR count). The molecule has 0 radical (unpaired) electrons. The molecule has 0 spiro atoms. The van der Waals surface area contributed by atoms with Crippen molar-refractivity contribution in [3.05, 3.63) is 60.2 Å². The topological polar surface area (TPSA) is 73.0 Å². The molecular formula is C24H28N4O3. The summed E-state index contributed by atoms with van der Waals surface area (Å²) in [5, 5.41) is 2.88. The van der Waals surface area contributed by atoms with Crippen molar-refractivity contribution < 1.29 is 14.4 Å². The third-order valence-corrected chi connectivity index (χ3v) is 6.03. The van der Waals surface area contributed by atoms with Gasteiger partial charge in [0.15, 0.2) is 0 Å². The number of urea groups is 1. The van der Waals surface area contributed by atoms with E-state index in [2.05, 4.69) is 12.2 Å². The molecule has 0 saturated carbocycles. The number of para-hydroxylation sites is 1. The Morgan fingerprint density at radius 3 is 2.23 bits per heavy atom. The Labute approximate surface area is 182 Å². The Kier molecular flexibility index (Phi) is 6.21. The van der Waals surface area contributed by atoms with Crippen LogP contribution in [0.25, 0.3) is 0 Å². The van der Waals surface area contributed by atoms with Crippen molar-refractivity contribution in [3.8, 4) is 0 Å². The highest BCUT2D eigenvalue weighted by atomic mass is 16.2. The van der Waals surface area contributed by atoms with E-state index in [0.29, 0.717) is 32.7 Å². The van der Waals surface area contributed by atoms with E-state index >= 15 is 0 Å². The average molecular weight is 421 g/mol. The molecule has 31 heavy (non-hydrogen) atoms. The highest BCUT2D eigenvalue weighted by Gasteiger charge is 2.38. The number of piperazine rings is 1. The summed E-state index contributed by atoms with van der Waals surface area (Å²) < 4.78 is 0. The molecule has 2 aromatic rings. The predicted molar refractivity (Wildman–Crippen MR) is 120 cm³/mol. The van der Waals surface area contributed by atoms with Gasteiger partial charge in [-0.3, -0.25) is 9.59 Å². The normalized spacial score (nSPS) is 18.9. The van der Waals surface area contributed by atoms with Gasteiger partial charge in [0.25, 0.3) is 0 Å². The van der Waals surface area contributed by atoms with E-state index in [1.54, 1.807) is 14.7 Å². The van der Waals surface area contributed by atoms with Crippen LogP contribution in [-0.4, -0.2) is 60.4 Å². The summed E-state index contributed by atoms with van der Waals surface area (Å²) >= 11 is 0. The second-order valence-electron chi connectivity index (χ2n) is 8.03.